The van der Waals surface area contributed by atoms with E-state index in [0.717, 1.165) is 11.3 Å². The van der Waals surface area contributed by atoms with Crippen LogP contribution in [0, 0.1) is 12.8 Å². The van der Waals surface area contributed by atoms with Crippen molar-refractivity contribution in [3.05, 3.63) is 59.7 Å². The van der Waals surface area contributed by atoms with Crippen molar-refractivity contribution in [2.75, 3.05) is 18.4 Å². The van der Waals surface area contributed by atoms with Crippen LogP contribution in [0.5, 0.6) is 0 Å². The van der Waals surface area contributed by atoms with Gasteiger partial charge in [0.1, 0.15) is 0 Å². The molecule has 2 aromatic carbocycles. The van der Waals surface area contributed by atoms with Gasteiger partial charge in [-0.15, -0.1) is 0 Å². The maximum atomic E-state index is 12.8. The second-order valence-electron chi connectivity index (χ2n) is 7.12. The molecule has 28 heavy (non-hydrogen) atoms. The molecule has 1 aliphatic rings. The van der Waals surface area contributed by atoms with Crippen LogP contribution >= 0.6 is 0 Å². The van der Waals surface area contributed by atoms with Crippen molar-refractivity contribution < 1.29 is 18.0 Å². The summed E-state index contributed by atoms with van der Waals surface area (Å²) in [6, 6.07) is 13.6. The number of nitrogens with zero attached hydrogens (tertiary/aromatic N) is 1. The maximum Gasteiger partial charge on any atom is 0.243 e. The second kappa shape index (κ2) is 8.24. The van der Waals surface area contributed by atoms with Gasteiger partial charge in [0.2, 0.25) is 15.9 Å². The highest BCUT2D eigenvalue weighted by Gasteiger charge is 2.32. The minimum atomic E-state index is -3.63. The summed E-state index contributed by atoms with van der Waals surface area (Å²) in [5.41, 5.74) is 2.30. The molecular formula is C21H24N2O4S. The number of hydrogen-bond acceptors (Lipinski definition) is 4. The highest BCUT2D eigenvalue weighted by molar-refractivity contribution is 7.89. The fourth-order valence-corrected chi connectivity index (χ4v) is 4.81. The second-order valence-corrected chi connectivity index (χ2v) is 9.06. The Hall–Kier alpha value is -2.51. The molecule has 0 atom stereocenters. The van der Waals surface area contributed by atoms with E-state index in [2.05, 4.69) is 5.32 Å². The van der Waals surface area contributed by atoms with Crippen LogP contribution in [0.1, 0.15) is 35.7 Å². The van der Waals surface area contributed by atoms with Crippen LogP contribution in [0.4, 0.5) is 5.69 Å². The largest absolute Gasteiger partial charge is 0.326 e. The first-order valence-corrected chi connectivity index (χ1v) is 10.7. The molecule has 6 nitrogen and oxygen atoms in total. The monoisotopic (exact) mass is 400 g/mol. The number of rotatable bonds is 5. The molecule has 1 aliphatic heterocycles. The van der Waals surface area contributed by atoms with Gasteiger partial charge in [-0.2, -0.15) is 4.31 Å². The Morgan fingerprint density at radius 1 is 1.04 bits per heavy atom. The lowest BCUT2D eigenvalue weighted by molar-refractivity contribution is -0.120. The first kappa shape index (κ1) is 20.2. The quantitative estimate of drug-likeness (QED) is 0.781. The van der Waals surface area contributed by atoms with Crippen LogP contribution in [-0.2, 0) is 14.8 Å². The number of amides is 1. The molecular weight excluding hydrogens is 376 g/mol. The van der Waals surface area contributed by atoms with E-state index in [0.29, 0.717) is 31.5 Å². The average Bonchev–Trinajstić information content (AvgIpc) is 2.68. The number of anilines is 1. The lowest BCUT2D eigenvalue weighted by Crippen LogP contribution is -2.41. The van der Waals surface area contributed by atoms with E-state index in [1.165, 1.54) is 35.5 Å². The van der Waals surface area contributed by atoms with Gasteiger partial charge in [0, 0.05) is 30.3 Å². The van der Waals surface area contributed by atoms with Gasteiger partial charge >= 0.3 is 0 Å². The minimum Gasteiger partial charge on any atom is -0.326 e. The smallest absolute Gasteiger partial charge is 0.243 e. The van der Waals surface area contributed by atoms with Crippen LogP contribution < -0.4 is 5.32 Å². The van der Waals surface area contributed by atoms with Crippen LogP contribution in [0.3, 0.4) is 0 Å². The maximum absolute atomic E-state index is 12.8. The minimum absolute atomic E-state index is 0.0755. The third kappa shape index (κ3) is 4.48. The topological polar surface area (TPSA) is 83.6 Å². The van der Waals surface area contributed by atoms with Crippen molar-refractivity contribution in [1.82, 2.24) is 4.31 Å². The van der Waals surface area contributed by atoms with E-state index in [1.807, 2.05) is 31.2 Å². The molecule has 0 radical (unpaired) electrons. The van der Waals surface area contributed by atoms with Gasteiger partial charge in [0.25, 0.3) is 0 Å². The van der Waals surface area contributed by atoms with Crippen molar-refractivity contribution in [2.24, 2.45) is 5.92 Å². The van der Waals surface area contributed by atoms with Gasteiger partial charge < -0.3 is 5.32 Å². The number of hydrogen-bond donors (Lipinski definition) is 1. The van der Waals surface area contributed by atoms with Gasteiger partial charge in [0.15, 0.2) is 5.78 Å². The number of sulfonamides is 1. The van der Waals surface area contributed by atoms with Gasteiger partial charge in [-0.3, -0.25) is 9.59 Å². The van der Waals surface area contributed by atoms with Crippen LogP contribution in [0.2, 0.25) is 0 Å². The first-order valence-electron chi connectivity index (χ1n) is 9.26. The number of nitrogens with one attached hydrogen (secondary N) is 1. The zero-order valence-electron chi connectivity index (χ0n) is 16.0. The lowest BCUT2D eigenvalue weighted by atomic mass is 9.97. The average molecular weight is 401 g/mol. The fraction of sp³-hybridized carbons (Fsp3) is 0.333. The number of carbonyl (C=O) groups is 2. The highest BCUT2D eigenvalue weighted by Crippen LogP contribution is 2.25. The van der Waals surface area contributed by atoms with Crippen molar-refractivity contribution in [3.8, 4) is 0 Å². The fourth-order valence-electron chi connectivity index (χ4n) is 3.34. The van der Waals surface area contributed by atoms with E-state index in [9.17, 15) is 18.0 Å². The van der Waals surface area contributed by atoms with E-state index in [1.54, 1.807) is 0 Å². The van der Waals surface area contributed by atoms with Gasteiger partial charge in [-0.1, -0.05) is 24.3 Å². The van der Waals surface area contributed by atoms with E-state index >= 15 is 0 Å². The standard InChI is InChI=1S/C21H24N2O4S/c1-15-4-3-5-19(14-15)22-21(25)18-10-12-23(13-11-18)28(26,27)20-8-6-17(7-9-20)16(2)24/h3-9,14,18H,10-13H2,1-2H3,(H,22,25). The van der Waals surface area contributed by atoms with Crippen molar-refractivity contribution in [2.45, 2.75) is 31.6 Å². The number of aryl methyl sites for hydroxylation is 1. The summed E-state index contributed by atoms with van der Waals surface area (Å²) < 4.78 is 27.0. The Bertz CT molecular complexity index is 976. The molecule has 2 aromatic rings. The molecule has 0 spiro atoms. The summed E-state index contributed by atoms with van der Waals surface area (Å²) in [6.07, 6.45) is 0.949. The Balaban J connectivity index is 1.62. The summed E-state index contributed by atoms with van der Waals surface area (Å²) in [4.78, 5) is 24.0. The first-order chi connectivity index (χ1) is 13.3. The molecule has 0 unspecified atom stereocenters. The van der Waals surface area contributed by atoms with Crippen molar-refractivity contribution >= 4 is 27.4 Å². The molecule has 1 saturated heterocycles. The van der Waals surface area contributed by atoms with Gasteiger partial charge in [-0.05, 0) is 56.5 Å². The molecule has 0 saturated carbocycles. The number of carbonyl (C=O) groups excluding carboxylic acids is 2. The van der Waals surface area contributed by atoms with E-state index in [-0.39, 0.29) is 22.5 Å². The summed E-state index contributed by atoms with van der Waals surface area (Å²) in [5, 5.41) is 2.92. The Labute approximate surface area is 165 Å². The van der Waals surface area contributed by atoms with E-state index in [4.69, 9.17) is 0 Å². The number of benzene rings is 2. The van der Waals surface area contributed by atoms with Crippen LogP contribution in [-0.4, -0.2) is 37.5 Å². The normalized spacial score (nSPS) is 15.9. The zero-order chi connectivity index (χ0) is 20.3. The molecule has 3 rings (SSSR count). The third-order valence-corrected chi connectivity index (χ3v) is 6.92. The predicted molar refractivity (Wildman–Crippen MR) is 108 cm³/mol. The zero-order valence-corrected chi connectivity index (χ0v) is 16.8. The predicted octanol–water partition coefficient (Wildman–Crippen LogP) is 3.24. The molecule has 1 N–H and O–H groups in total. The summed E-state index contributed by atoms with van der Waals surface area (Å²) in [5.74, 6) is -0.398. The van der Waals surface area contributed by atoms with E-state index < -0.39 is 10.0 Å². The number of ketones is 1. The highest BCUT2D eigenvalue weighted by atomic mass is 32.2. The summed E-state index contributed by atoms with van der Waals surface area (Å²) in [6.45, 7) is 3.99. The summed E-state index contributed by atoms with van der Waals surface area (Å²) in [7, 11) is -3.63. The van der Waals surface area contributed by atoms with Gasteiger partial charge in [-0.25, -0.2) is 8.42 Å². The van der Waals surface area contributed by atoms with Crippen molar-refractivity contribution in [1.29, 1.82) is 0 Å². The third-order valence-electron chi connectivity index (χ3n) is 5.01. The number of piperidine rings is 1. The molecule has 1 amide bonds. The molecule has 7 heteroatoms. The van der Waals surface area contributed by atoms with Crippen molar-refractivity contribution in [3.63, 3.8) is 0 Å². The molecule has 1 fully saturated rings. The Kier molecular flexibility index (Phi) is 5.96. The molecule has 0 aromatic heterocycles. The number of Topliss-reactive ketones (excluding diaryl/α,β-unsaturated/α-hetero) is 1. The molecule has 148 valence electrons. The Morgan fingerprint density at radius 2 is 1.68 bits per heavy atom. The SMILES string of the molecule is CC(=O)c1ccc(S(=O)(=O)N2CCC(C(=O)Nc3cccc(C)c3)CC2)cc1. The molecule has 0 aliphatic carbocycles. The van der Waals surface area contributed by atoms with Gasteiger partial charge in [0.05, 0.1) is 4.90 Å². The van der Waals surface area contributed by atoms with Crippen LogP contribution in [0.15, 0.2) is 53.4 Å². The molecule has 1 heterocycles. The summed E-state index contributed by atoms with van der Waals surface area (Å²) >= 11 is 0. The van der Waals surface area contributed by atoms with Crippen LogP contribution in [0.25, 0.3) is 0 Å². The Morgan fingerprint density at radius 3 is 2.25 bits per heavy atom. The lowest BCUT2D eigenvalue weighted by Gasteiger charge is -2.30. The molecule has 0 bridgehead atoms.